The van der Waals surface area contributed by atoms with Gasteiger partial charge in [-0.25, -0.2) is 5.43 Å². The average Bonchev–Trinajstić information content (AvgIpc) is 2.79. The second-order valence-electron chi connectivity index (χ2n) is 8.25. The number of aromatic nitrogens is 3. The van der Waals surface area contributed by atoms with Crippen LogP contribution in [0.5, 0.6) is 0 Å². The van der Waals surface area contributed by atoms with Crippen LogP contribution in [0.2, 0.25) is 0 Å². The normalized spacial score (nSPS) is 14.7. The van der Waals surface area contributed by atoms with Gasteiger partial charge in [-0.15, -0.1) is 0 Å². The van der Waals surface area contributed by atoms with E-state index in [1.54, 1.807) is 6.21 Å². The fourth-order valence-corrected chi connectivity index (χ4v) is 3.81. The molecule has 1 aliphatic heterocycles. The smallest absolute Gasteiger partial charge is 0.250 e. The zero-order chi connectivity index (χ0) is 22.5. The van der Waals surface area contributed by atoms with Crippen LogP contribution < -0.4 is 15.6 Å². The second-order valence-corrected chi connectivity index (χ2v) is 9.16. The van der Waals surface area contributed by atoms with Crippen molar-refractivity contribution < 1.29 is 0 Å². The second kappa shape index (κ2) is 10.1. The first-order valence-electron chi connectivity index (χ1n) is 10.9. The minimum atomic E-state index is 0.412. The van der Waals surface area contributed by atoms with Crippen molar-refractivity contribution in [2.45, 2.75) is 33.6 Å². The first-order valence-corrected chi connectivity index (χ1v) is 11.7. The number of hydrogen-bond donors (Lipinski definition) is 2. The Balaban J connectivity index is 1.59. The van der Waals surface area contributed by atoms with Gasteiger partial charge in [0.1, 0.15) is 0 Å². The number of anilines is 4. The third-order valence-electron chi connectivity index (χ3n) is 5.79. The first kappa shape index (κ1) is 22.2. The Morgan fingerprint density at radius 3 is 2.47 bits per heavy atom. The fraction of sp³-hybridized carbons (Fsp3) is 0.333. The molecule has 0 bridgehead atoms. The molecule has 0 unspecified atom stereocenters. The van der Waals surface area contributed by atoms with E-state index in [1.807, 2.05) is 36.4 Å². The van der Waals surface area contributed by atoms with E-state index >= 15 is 0 Å². The van der Waals surface area contributed by atoms with Gasteiger partial charge in [0.05, 0.1) is 6.21 Å². The van der Waals surface area contributed by atoms with Gasteiger partial charge in [-0.05, 0) is 67.5 Å². The maximum absolute atomic E-state index is 4.72. The Hall–Kier alpha value is -3.00. The molecule has 1 aromatic heterocycles. The summed E-state index contributed by atoms with van der Waals surface area (Å²) in [7, 11) is 0. The van der Waals surface area contributed by atoms with E-state index in [1.165, 1.54) is 11.1 Å². The summed E-state index contributed by atoms with van der Waals surface area (Å²) in [5.41, 5.74) is 7.33. The predicted molar refractivity (Wildman–Crippen MR) is 135 cm³/mol. The highest BCUT2D eigenvalue weighted by molar-refractivity contribution is 9.10. The number of aryl methyl sites for hydroxylation is 1. The van der Waals surface area contributed by atoms with Crippen molar-refractivity contribution in [3.63, 3.8) is 0 Å². The number of hydrogen-bond acceptors (Lipinski definition) is 7. The molecule has 8 heteroatoms. The van der Waals surface area contributed by atoms with Gasteiger partial charge < -0.3 is 10.2 Å². The quantitative estimate of drug-likeness (QED) is 0.339. The van der Waals surface area contributed by atoms with Crippen molar-refractivity contribution in [1.82, 2.24) is 15.0 Å². The summed E-state index contributed by atoms with van der Waals surface area (Å²) < 4.78 is 1.03. The maximum Gasteiger partial charge on any atom is 0.250 e. The van der Waals surface area contributed by atoms with Crippen molar-refractivity contribution in [2.75, 3.05) is 28.7 Å². The van der Waals surface area contributed by atoms with Gasteiger partial charge in [0.25, 0.3) is 0 Å². The fourth-order valence-electron chi connectivity index (χ4n) is 3.54. The molecule has 3 aromatic rings. The Bertz CT molecular complexity index is 1090. The molecule has 0 saturated carbocycles. The third kappa shape index (κ3) is 5.62. The predicted octanol–water partition coefficient (Wildman–Crippen LogP) is 5.68. The van der Waals surface area contributed by atoms with Crippen LogP contribution in [0.3, 0.4) is 0 Å². The first-order chi connectivity index (χ1) is 15.5. The number of nitrogens with zero attached hydrogens (tertiary/aromatic N) is 5. The van der Waals surface area contributed by atoms with Gasteiger partial charge in [-0.1, -0.05) is 47.1 Å². The van der Waals surface area contributed by atoms with Crippen molar-refractivity contribution >= 4 is 45.7 Å². The van der Waals surface area contributed by atoms with Crippen molar-refractivity contribution in [2.24, 2.45) is 11.0 Å². The molecular weight excluding hydrogens is 466 g/mol. The Kier molecular flexibility index (Phi) is 6.99. The van der Waals surface area contributed by atoms with E-state index in [0.717, 1.165) is 47.6 Å². The molecule has 4 rings (SSSR count). The summed E-state index contributed by atoms with van der Waals surface area (Å²) in [5, 5.41) is 7.70. The number of hydrazone groups is 1. The molecular formula is C24H28BrN7. The molecule has 2 N–H and O–H groups in total. The summed E-state index contributed by atoms with van der Waals surface area (Å²) in [6, 6.07) is 14.1. The molecule has 7 nitrogen and oxygen atoms in total. The Morgan fingerprint density at radius 2 is 1.72 bits per heavy atom. The monoisotopic (exact) mass is 493 g/mol. The zero-order valence-corrected chi connectivity index (χ0v) is 20.2. The molecule has 2 heterocycles. The van der Waals surface area contributed by atoms with Crippen LogP contribution in [0.1, 0.15) is 36.5 Å². The summed E-state index contributed by atoms with van der Waals surface area (Å²) in [6.45, 7) is 8.36. The van der Waals surface area contributed by atoms with Crippen LogP contribution >= 0.6 is 15.9 Å². The molecule has 1 aliphatic rings. The van der Waals surface area contributed by atoms with Crippen molar-refractivity contribution in [3.8, 4) is 0 Å². The lowest BCUT2D eigenvalue weighted by Gasteiger charge is -2.30. The summed E-state index contributed by atoms with van der Waals surface area (Å²) in [4.78, 5) is 16.1. The van der Waals surface area contributed by atoms with E-state index < -0.39 is 0 Å². The lowest BCUT2D eigenvalue weighted by Crippen LogP contribution is -2.34. The Morgan fingerprint density at radius 1 is 1.00 bits per heavy atom. The molecule has 0 atom stereocenters. The van der Waals surface area contributed by atoms with E-state index in [0.29, 0.717) is 17.8 Å². The van der Waals surface area contributed by atoms with E-state index in [-0.39, 0.29) is 0 Å². The van der Waals surface area contributed by atoms with Crippen LogP contribution in [0.15, 0.2) is 52.0 Å². The molecule has 1 saturated heterocycles. The van der Waals surface area contributed by atoms with Crippen LogP contribution in [0, 0.1) is 19.8 Å². The maximum atomic E-state index is 4.72. The largest absolute Gasteiger partial charge is 0.341 e. The molecule has 0 radical (unpaired) electrons. The van der Waals surface area contributed by atoms with Crippen LogP contribution in [0.25, 0.3) is 0 Å². The number of halogens is 1. The number of rotatable bonds is 6. The van der Waals surface area contributed by atoms with Crippen LogP contribution in [-0.4, -0.2) is 34.3 Å². The number of piperidine rings is 1. The van der Waals surface area contributed by atoms with Gasteiger partial charge in [0.2, 0.25) is 17.8 Å². The molecule has 2 aromatic carbocycles. The molecule has 0 amide bonds. The highest BCUT2D eigenvalue weighted by atomic mass is 79.9. The van der Waals surface area contributed by atoms with E-state index in [4.69, 9.17) is 4.98 Å². The molecule has 1 fully saturated rings. The number of nitrogens with one attached hydrogen (secondary N) is 2. The van der Waals surface area contributed by atoms with E-state index in [9.17, 15) is 0 Å². The third-order valence-corrected chi connectivity index (χ3v) is 6.32. The van der Waals surface area contributed by atoms with Gasteiger partial charge in [-0.2, -0.15) is 20.1 Å². The van der Waals surface area contributed by atoms with Gasteiger partial charge in [-0.3, -0.25) is 0 Å². The standard InChI is InChI=1S/C24H28BrN7/c1-16-11-13-32(14-12-16)24-29-22(27-21-6-4-5-17(2)18(21)3)28-23(30-24)31-26-15-19-7-9-20(25)10-8-19/h4-10,15-16H,11-14H2,1-3H3,(H2,27,28,29,30,31). The van der Waals surface area contributed by atoms with Crippen LogP contribution in [0.4, 0.5) is 23.5 Å². The van der Waals surface area contributed by atoms with Crippen molar-refractivity contribution in [1.29, 1.82) is 0 Å². The van der Waals surface area contributed by atoms with E-state index in [2.05, 4.69) is 73.5 Å². The summed E-state index contributed by atoms with van der Waals surface area (Å²) in [5.74, 6) is 2.31. The highest BCUT2D eigenvalue weighted by Gasteiger charge is 2.20. The molecule has 0 spiro atoms. The lowest BCUT2D eigenvalue weighted by atomic mass is 10.00. The summed E-state index contributed by atoms with van der Waals surface area (Å²) >= 11 is 3.45. The highest BCUT2D eigenvalue weighted by Crippen LogP contribution is 2.25. The van der Waals surface area contributed by atoms with Gasteiger partial charge >= 0.3 is 0 Å². The number of benzene rings is 2. The van der Waals surface area contributed by atoms with Gasteiger partial charge in [0.15, 0.2) is 0 Å². The topological polar surface area (TPSA) is 78.3 Å². The average molecular weight is 494 g/mol. The minimum Gasteiger partial charge on any atom is -0.341 e. The minimum absolute atomic E-state index is 0.412. The van der Waals surface area contributed by atoms with Gasteiger partial charge in [0, 0.05) is 23.2 Å². The lowest BCUT2D eigenvalue weighted by molar-refractivity contribution is 0.434. The van der Waals surface area contributed by atoms with Crippen molar-refractivity contribution in [3.05, 3.63) is 63.6 Å². The van der Waals surface area contributed by atoms with Crippen LogP contribution in [-0.2, 0) is 0 Å². The Labute approximate surface area is 197 Å². The molecule has 166 valence electrons. The molecule has 32 heavy (non-hydrogen) atoms. The zero-order valence-electron chi connectivity index (χ0n) is 18.6. The SMILES string of the molecule is Cc1cccc(Nc2nc(NN=Cc3ccc(Br)cc3)nc(N3CCC(C)CC3)n2)c1C. The molecule has 0 aliphatic carbocycles. The summed E-state index contributed by atoms with van der Waals surface area (Å²) in [6.07, 6.45) is 4.02.